The van der Waals surface area contributed by atoms with Crippen molar-refractivity contribution >= 4 is 23.4 Å². The fourth-order valence-electron chi connectivity index (χ4n) is 4.08. The number of hydrogen-bond acceptors (Lipinski definition) is 5. The Bertz CT molecular complexity index is 867. The monoisotopic (exact) mass is 371 g/mol. The number of Topliss-reactive ketones (excluding diaryl/α,β-unsaturated/α-hetero) is 1. The van der Waals surface area contributed by atoms with Crippen LogP contribution < -0.4 is 4.74 Å². The minimum atomic E-state index is -1.19. The maximum atomic E-state index is 13.1. The summed E-state index contributed by atoms with van der Waals surface area (Å²) in [5, 5.41) is 19.3. The molecule has 0 radical (unpaired) electrons. The highest BCUT2D eigenvalue weighted by Gasteiger charge is 2.48. The molecule has 1 aromatic carbocycles. The van der Waals surface area contributed by atoms with Crippen LogP contribution in [0, 0.1) is 17.8 Å². The number of ketones is 1. The summed E-state index contributed by atoms with van der Waals surface area (Å²) in [4.78, 5) is 41.1. The molecule has 0 saturated carbocycles. The summed E-state index contributed by atoms with van der Waals surface area (Å²) in [6.45, 7) is 3.34. The first-order valence-corrected chi connectivity index (χ1v) is 8.68. The normalized spacial score (nSPS) is 27.7. The molecular weight excluding hydrogens is 350 g/mol. The molecule has 0 amide bonds. The first-order valence-electron chi connectivity index (χ1n) is 8.68. The molecular formula is C20H21NO6. The number of aliphatic carboxylic acids is 2. The molecule has 3 rings (SSSR count). The number of carbonyl (C=O) groups is 3. The predicted octanol–water partition coefficient (Wildman–Crippen LogP) is 2.52. The summed E-state index contributed by atoms with van der Waals surface area (Å²) in [5.41, 5.74) is 1.75. The van der Waals surface area contributed by atoms with Crippen molar-refractivity contribution in [3.8, 4) is 5.75 Å². The number of carbonyl (C=O) groups excluding carboxylic acids is 1. The summed E-state index contributed by atoms with van der Waals surface area (Å²) >= 11 is 0. The van der Waals surface area contributed by atoms with E-state index in [1.165, 1.54) is 7.11 Å². The van der Waals surface area contributed by atoms with Gasteiger partial charge in [-0.3, -0.25) is 19.4 Å². The fourth-order valence-corrected chi connectivity index (χ4v) is 4.08. The van der Waals surface area contributed by atoms with Gasteiger partial charge in [0.05, 0.1) is 7.11 Å². The average molecular weight is 371 g/mol. The number of rotatable bonds is 4. The number of carboxylic acids is 2. The van der Waals surface area contributed by atoms with E-state index in [0.717, 1.165) is 0 Å². The van der Waals surface area contributed by atoms with E-state index in [9.17, 15) is 24.6 Å². The first kappa shape index (κ1) is 18.8. The van der Waals surface area contributed by atoms with Crippen molar-refractivity contribution in [3.05, 3.63) is 41.1 Å². The Morgan fingerprint density at radius 3 is 2.22 bits per heavy atom. The van der Waals surface area contributed by atoms with Gasteiger partial charge in [0.15, 0.2) is 5.78 Å². The number of carboxylic acid groups (broad SMARTS) is 2. The molecule has 2 N–H and O–H groups in total. The fraction of sp³-hybridized carbons (Fsp3) is 0.400. The molecule has 0 saturated heterocycles. The van der Waals surface area contributed by atoms with E-state index < -0.39 is 41.4 Å². The van der Waals surface area contributed by atoms with E-state index in [-0.39, 0.29) is 5.57 Å². The number of benzene rings is 1. The third-order valence-electron chi connectivity index (χ3n) is 5.36. The standard InChI is InChI=1S/C20H21NO6/c1-9-8-13-17(18(22)14(9)19(23)24)16(15(20(25)26)10(2)21-13)11-4-6-12(27-3)7-5-11/h4-7,9,14-16H,8H2,1-3H3,(H,23,24)(H,25,26). The minimum absolute atomic E-state index is 0.212. The highest BCUT2D eigenvalue weighted by Crippen LogP contribution is 2.46. The van der Waals surface area contributed by atoms with Crippen molar-refractivity contribution in [1.82, 2.24) is 0 Å². The van der Waals surface area contributed by atoms with Crippen LogP contribution >= 0.6 is 0 Å². The van der Waals surface area contributed by atoms with Gasteiger partial charge in [-0.15, -0.1) is 0 Å². The number of allylic oxidation sites excluding steroid dienone is 2. The molecule has 0 aromatic heterocycles. The zero-order chi connectivity index (χ0) is 19.9. The van der Waals surface area contributed by atoms with Gasteiger partial charge < -0.3 is 14.9 Å². The van der Waals surface area contributed by atoms with Crippen molar-refractivity contribution in [3.63, 3.8) is 0 Å². The molecule has 1 heterocycles. The molecule has 7 heteroatoms. The van der Waals surface area contributed by atoms with Crippen molar-refractivity contribution in [2.45, 2.75) is 26.2 Å². The minimum Gasteiger partial charge on any atom is -0.497 e. The number of aliphatic imine (C=N–C) groups is 1. The molecule has 0 fully saturated rings. The molecule has 1 aromatic rings. The molecule has 1 aliphatic carbocycles. The van der Waals surface area contributed by atoms with Gasteiger partial charge in [-0.2, -0.15) is 0 Å². The summed E-state index contributed by atoms with van der Waals surface area (Å²) < 4.78 is 5.15. The molecule has 4 unspecified atom stereocenters. The third-order valence-corrected chi connectivity index (χ3v) is 5.36. The van der Waals surface area contributed by atoms with E-state index in [4.69, 9.17) is 4.74 Å². The summed E-state index contributed by atoms with van der Waals surface area (Å²) in [7, 11) is 1.52. The van der Waals surface area contributed by atoms with Crippen LogP contribution in [0.15, 0.2) is 40.5 Å². The largest absolute Gasteiger partial charge is 0.497 e. The molecule has 4 atom stereocenters. The lowest BCUT2D eigenvalue weighted by Crippen LogP contribution is -2.42. The molecule has 7 nitrogen and oxygen atoms in total. The Hall–Kier alpha value is -2.96. The first-order chi connectivity index (χ1) is 12.8. The molecule has 0 bridgehead atoms. The van der Waals surface area contributed by atoms with Crippen LogP contribution in [0.1, 0.15) is 31.7 Å². The smallest absolute Gasteiger partial charge is 0.314 e. The Morgan fingerprint density at radius 2 is 1.70 bits per heavy atom. The van der Waals surface area contributed by atoms with Crippen molar-refractivity contribution in [2.24, 2.45) is 22.7 Å². The SMILES string of the molecule is COc1ccc(C2C3=C(CC(C)C(C(=O)O)C3=O)N=C(C)C2C(=O)O)cc1. The topological polar surface area (TPSA) is 113 Å². The van der Waals surface area contributed by atoms with Gasteiger partial charge in [-0.1, -0.05) is 19.1 Å². The van der Waals surface area contributed by atoms with E-state index in [1.54, 1.807) is 38.1 Å². The van der Waals surface area contributed by atoms with E-state index in [1.807, 2.05) is 0 Å². The average Bonchev–Trinajstić information content (AvgIpc) is 2.59. The van der Waals surface area contributed by atoms with Gasteiger partial charge in [-0.25, -0.2) is 0 Å². The maximum absolute atomic E-state index is 13.1. The van der Waals surface area contributed by atoms with Crippen LogP contribution in [0.25, 0.3) is 0 Å². The Balaban J connectivity index is 2.19. The number of nitrogens with zero attached hydrogens (tertiary/aromatic N) is 1. The molecule has 0 spiro atoms. The second-order valence-corrected chi connectivity index (χ2v) is 7.04. The number of methoxy groups -OCH3 is 1. The predicted molar refractivity (Wildman–Crippen MR) is 96.9 cm³/mol. The lowest BCUT2D eigenvalue weighted by Gasteiger charge is -2.37. The molecule has 1 aliphatic heterocycles. The van der Waals surface area contributed by atoms with Crippen molar-refractivity contribution in [1.29, 1.82) is 0 Å². The van der Waals surface area contributed by atoms with Gasteiger partial charge in [0.2, 0.25) is 0 Å². The summed E-state index contributed by atoms with van der Waals surface area (Å²) in [6.07, 6.45) is 0.328. The van der Waals surface area contributed by atoms with Crippen molar-refractivity contribution in [2.75, 3.05) is 7.11 Å². The van der Waals surface area contributed by atoms with Crippen LogP contribution in [0.4, 0.5) is 0 Å². The van der Waals surface area contributed by atoms with E-state index >= 15 is 0 Å². The van der Waals surface area contributed by atoms with E-state index in [0.29, 0.717) is 29.1 Å². The van der Waals surface area contributed by atoms with Crippen LogP contribution in [0.2, 0.25) is 0 Å². The highest BCUT2D eigenvalue weighted by molar-refractivity contribution is 6.13. The Morgan fingerprint density at radius 1 is 1.11 bits per heavy atom. The molecule has 2 aliphatic rings. The second-order valence-electron chi connectivity index (χ2n) is 7.04. The number of ether oxygens (including phenoxy) is 1. The van der Waals surface area contributed by atoms with Crippen LogP contribution in [-0.4, -0.2) is 40.8 Å². The Kier molecular flexibility index (Phi) is 4.87. The second kappa shape index (κ2) is 6.98. The number of hydrogen-bond donors (Lipinski definition) is 2. The third kappa shape index (κ3) is 3.13. The summed E-state index contributed by atoms with van der Waals surface area (Å²) in [5.74, 6) is -5.61. The van der Waals surface area contributed by atoms with Gasteiger partial charge in [-0.05, 0) is 37.0 Å². The maximum Gasteiger partial charge on any atom is 0.314 e. The lowest BCUT2D eigenvalue weighted by atomic mass is 9.67. The highest BCUT2D eigenvalue weighted by atomic mass is 16.5. The van der Waals surface area contributed by atoms with Crippen LogP contribution in [0.3, 0.4) is 0 Å². The van der Waals surface area contributed by atoms with Gasteiger partial charge in [0, 0.05) is 22.9 Å². The van der Waals surface area contributed by atoms with Crippen LogP contribution in [-0.2, 0) is 14.4 Å². The molecule has 27 heavy (non-hydrogen) atoms. The van der Waals surface area contributed by atoms with E-state index in [2.05, 4.69) is 4.99 Å². The van der Waals surface area contributed by atoms with Crippen LogP contribution in [0.5, 0.6) is 5.75 Å². The van der Waals surface area contributed by atoms with Gasteiger partial charge in [0.1, 0.15) is 17.6 Å². The summed E-state index contributed by atoms with van der Waals surface area (Å²) in [6, 6.07) is 6.81. The zero-order valence-corrected chi connectivity index (χ0v) is 15.3. The quantitative estimate of drug-likeness (QED) is 0.786. The Labute approximate surface area is 156 Å². The van der Waals surface area contributed by atoms with Gasteiger partial charge in [0.25, 0.3) is 0 Å². The van der Waals surface area contributed by atoms with Gasteiger partial charge >= 0.3 is 11.9 Å². The van der Waals surface area contributed by atoms with Crippen molar-refractivity contribution < 1.29 is 29.3 Å². The zero-order valence-electron chi connectivity index (χ0n) is 15.3. The lowest BCUT2D eigenvalue weighted by molar-refractivity contribution is -0.147. The molecule has 142 valence electrons.